The van der Waals surface area contributed by atoms with Gasteiger partial charge in [-0.05, 0) is 59.3 Å². The molecule has 0 aliphatic heterocycles. The third kappa shape index (κ3) is 4.32. The van der Waals surface area contributed by atoms with E-state index in [0.29, 0.717) is 5.39 Å². The molecule has 4 rings (SSSR count). The number of halogens is 4. The fourth-order valence-electron chi connectivity index (χ4n) is 3.49. The van der Waals surface area contributed by atoms with Crippen molar-refractivity contribution in [1.82, 2.24) is 0 Å². The van der Waals surface area contributed by atoms with Gasteiger partial charge in [0.1, 0.15) is 5.82 Å². The lowest BCUT2D eigenvalue weighted by atomic mass is 9.98. The molecular weight excluding hydrogens is 400 g/mol. The highest BCUT2D eigenvalue weighted by Gasteiger charge is 2.15. The Balaban J connectivity index is 1.66. The number of hydrogen-bond acceptors (Lipinski definition) is 0. The Morgan fingerprint density at radius 2 is 1.32 bits per heavy atom. The lowest BCUT2D eigenvalue weighted by Gasteiger charge is -2.08. The molecule has 0 fully saturated rings. The van der Waals surface area contributed by atoms with Gasteiger partial charge < -0.3 is 0 Å². The van der Waals surface area contributed by atoms with Gasteiger partial charge in [0, 0.05) is 22.1 Å². The van der Waals surface area contributed by atoms with Crippen LogP contribution in [0.2, 0.25) is 0 Å². The zero-order valence-electron chi connectivity index (χ0n) is 16.8. The van der Waals surface area contributed by atoms with Gasteiger partial charge in [0.2, 0.25) is 0 Å². The minimum absolute atomic E-state index is 0.00342. The normalized spacial score (nSPS) is 10.7. The van der Waals surface area contributed by atoms with E-state index in [1.54, 1.807) is 24.3 Å². The fraction of sp³-hybridized carbons (Fsp3) is 0.111. The molecule has 154 valence electrons. The van der Waals surface area contributed by atoms with Crippen LogP contribution in [-0.4, -0.2) is 0 Å². The highest BCUT2D eigenvalue weighted by molar-refractivity contribution is 5.89. The Morgan fingerprint density at radius 3 is 2.00 bits per heavy atom. The first-order valence-corrected chi connectivity index (χ1v) is 9.94. The Morgan fingerprint density at radius 1 is 0.677 bits per heavy atom. The van der Waals surface area contributed by atoms with Crippen molar-refractivity contribution in [3.05, 3.63) is 107 Å². The second kappa shape index (κ2) is 8.65. The minimum atomic E-state index is -1.58. The van der Waals surface area contributed by atoms with Crippen molar-refractivity contribution in [2.75, 3.05) is 0 Å². The number of rotatable bonds is 3. The highest BCUT2D eigenvalue weighted by atomic mass is 19.2. The van der Waals surface area contributed by atoms with E-state index in [1.807, 2.05) is 12.1 Å². The first kappa shape index (κ1) is 20.7. The monoisotopic (exact) mass is 418 g/mol. The molecule has 0 saturated heterocycles. The predicted octanol–water partition coefficient (Wildman–Crippen LogP) is 7.42. The Bertz CT molecular complexity index is 1300. The average Bonchev–Trinajstić information content (AvgIpc) is 2.77. The SMILES string of the molecule is CCCc1ccc(C#Cc2ccc3c(F)c(-c4cc(F)c(F)c(F)c4)ccc3c2)cc1. The molecule has 4 aromatic rings. The van der Waals surface area contributed by atoms with E-state index in [1.165, 1.54) is 11.6 Å². The van der Waals surface area contributed by atoms with E-state index in [-0.39, 0.29) is 16.5 Å². The summed E-state index contributed by atoms with van der Waals surface area (Å²) in [6.07, 6.45) is 2.12. The summed E-state index contributed by atoms with van der Waals surface area (Å²) in [7, 11) is 0. The van der Waals surface area contributed by atoms with Gasteiger partial charge in [-0.25, -0.2) is 17.6 Å². The molecule has 0 spiro atoms. The molecule has 0 aliphatic rings. The maximum absolute atomic E-state index is 15.0. The van der Waals surface area contributed by atoms with E-state index < -0.39 is 23.3 Å². The first-order chi connectivity index (χ1) is 15.0. The molecule has 0 aromatic heterocycles. The molecule has 0 atom stereocenters. The Hall–Kier alpha value is -3.58. The standard InChI is InChI=1S/C27H18F4/c1-2-3-17-4-6-18(7-5-17)8-9-19-10-12-22-20(14-19)11-13-23(26(22)30)21-15-24(28)27(31)25(29)16-21/h4-7,10-16H,2-3H2,1H3. The van der Waals surface area contributed by atoms with Crippen LogP contribution >= 0.6 is 0 Å². The Kier molecular flexibility index (Phi) is 5.77. The molecule has 0 nitrogen and oxygen atoms in total. The average molecular weight is 418 g/mol. The van der Waals surface area contributed by atoms with Gasteiger partial charge in [0.25, 0.3) is 0 Å². The van der Waals surface area contributed by atoms with Gasteiger partial charge in [-0.1, -0.05) is 55.5 Å². The molecule has 0 N–H and O–H groups in total. The number of aryl methyl sites for hydroxylation is 1. The summed E-state index contributed by atoms with van der Waals surface area (Å²) in [5.74, 6) is 1.26. The molecule has 0 amide bonds. The molecule has 0 heterocycles. The van der Waals surface area contributed by atoms with Crippen LogP contribution < -0.4 is 0 Å². The lowest BCUT2D eigenvalue weighted by molar-refractivity contribution is 0.447. The highest BCUT2D eigenvalue weighted by Crippen LogP contribution is 2.31. The summed E-state index contributed by atoms with van der Waals surface area (Å²) in [5, 5.41) is 0.895. The molecule has 31 heavy (non-hydrogen) atoms. The van der Waals surface area contributed by atoms with Gasteiger partial charge in [0.05, 0.1) is 0 Å². The van der Waals surface area contributed by atoms with Crippen LogP contribution in [0.3, 0.4) is 0 Å². The third-order valence-corrected chi connectivity index (χ3v) is 5.09. The van der Waals surface area contributed by atoms with Gasteiger partial charge >= 0.3 is 0 Å². The molecule has 0 unspecified atom stereocenters. The number of benzene rings is 4. The van der Waals surface area contributed by atoms with Crippen molar-refractivity contribution in [2.45, 2.75) is 19.8 Å². The molecule has 0 saturated carbocycles. The smallest absolute Gasteiger partial charge is 0.194 e. The summed E-state index contributed by atoms with van der Waals surface area (Å²) in [6.45, 7) is 2.13. The van der Waals surface area contributed by atoms with Gasteiger partial charge in [-0.15, -0.1) is 0 Å². The van der Waals surface area contributed by atoms with Crippen molar-refractivity contribution >= 4 is 10.8 Å². The molecule has 0 bridgehead atoms. The maximum Gasteiger partial charge on any atom is 0.194 e. The van der Waals surface area contributed by atoms with E-state index in [2.05, 4.69) is 30.9 Å². The van der Waals surface area contributed by atoms with Crippen LogP contribution in [0, 0.1) is 35.1 Å². The zero-order chi connectivity index (χ0) is 22.0. The summed E-state index contributed by atoms with van der Waals surface area (Å²) in [4.78, 5) is 0. The third-order valence-electron chi connectivity index (χ3n) is 5.09. The number of fused-ring (bicyclic) bond motifs is 1. The van der Waals surface area contributed by atoms with Crippen LogP contribution in [0.4, 0.5) is 17.6 Å². The van der Waals surface area contributed by atoms with Crippen LogP contribution in [0.15, 0.2) is 66.7 Å². The predicted molar refractivity (Wildman–Crippen MR) is 116 cm³/mol. The molecule has 0 aliphatic carbocycles. The van der Waals surface area contributed by atoms with Crippen LogP contribution in [0.5, 0.6) is 0 Å². The van der Waals surface area contributed by atoms with E-state index in [0.717, 1.165) is 36.1 Å². The zero-order valence-corrected chi connectivity index (χ0v) is 16.8. The van der Waals surface area contributed by atoms with Crippen molar-refractivity contribution in [3.8, 4) is 23.0 Å². The fourth-order valence-corrected chi connectivity index (χ4v) is 3.49. The molecular formula is C27H18F4. The van der Waals surface area contributed by atoms with Crippen molar-refractivity contribution in [2.24, 2.45) is 0 Å². The van der Waals surface area contributed by atoms with Crippen LogP contribution in [-0.2, 0) is 6.42 Å². The summed E-state index contributed by atoms with van der Waals surface area (Å²) >= 11 is 0. The summed E-state index contributed by atoms with van der Waals surface area (Å²) in [6, 6.07) is 17.8. The topological polar surface area (TPSA) is 0 Å². The van der Waals surface area contributed by atoms with E-state index in [9.17, 15) is 13.2 Å². The molecule has 4 heteroatoms. The van der Waals surface area contributed by atoms with Crippen molar-refractivity contribution in [1.29, 1.82) is 0 Å². The quantitative estimate of drug-likeness (QED) is 0.185. The van der Waals surface area contributed by atoms with Crippen LogP contribution in [0.1, 0.15) is 30.0 Å². The van der Waals surface area contributed by atoms with Gasteiger partial charge in [-0.2, -0.15) is 0 Å². The van der Waals surface area contributed by atoms with Crippen LogP contribution in [0.25, 0.3) is 21.9 Å². The van der Waals surface area contributed by atoms with Crippen molar-refractivity contribution in [3.63, 3.8) is 0 Å². The Labute approximate surface area is 178 Å². The lowest BCUT2D eigenvalue weighted by Crippen LogP contribution is -1.94. The molecule has 4 aromatic carbocycles. The van der Waals surface area contributed by atoms with Gasteiger partial charge in [0.15, 0.2) is 17.5 Å². The first-order valence-electron chi connectivity index (χ1n) is 9.94. The number of hydrogen-bond donors (Lipinski definition) is 0. The maximum atomic E-state index is 15.0. The summed E-state index contributed by atoms with van der Waals surface area (Å²) < 4.78 is 55.4. The van der Waals surface area contributed by atoms with Gasteiger partial charge in [-0.3, -0.25) is 0 Å². The largest absolute Gasteiger partial charge is 0.206 e. The molecule has 0 radical (unpaired) electrons. The van der Waals surface area contributed by atoms with E-state index >= 15 is 4.39 Å². The van der Waals surface area contributed by atoms with E-state index in [4.69, 9.17) is 0 Å². The second-order valence-corrected chi connectivity index (χ2v) is 7.31. The minimum Gasteiger partial charge on any atom is -0.206 e. The summed E-state index contributed by atoms with van der Waals surface area (Å²) in [5.41, 5.74) is 2.81. The second-order valence-electron chi connectivity index (χ2n) is 7.31. The van der Waals surface area contributed by atoms with Crippen molar-refractivity contribution < 1.29 is 17.6 Å².